The number of ketones is 1. The molecule has 1 aromatic heterocycles. The van der Waals surface area contributed by atoms with Crippen molar-refractivity contribution in [3.05, 3.63) is 93.8 Å². The number of carbonyl (C=O) groups excluding carboxylic acids is 2. The normalized spacial score (nSPS) is 17.5. The summed E-state index contributed by atoms with van der Waals surface area (Å²) < 4.78 is 5.78. The fourth-order valence-electron chi connectivity index (χ4n) is 4.08. The van der Waals surface area contributed by atoms with Crippen LogP contribution in [0.1, 0.15) is 42.3 Å². The fraction of sp³-hybridized carbons (Fsp3) is 0.222. The minimum Gasteiger partial charge on any atom is -0.507 e. The quantitative estimate of drug-likeness (QED) is 0.287. The number of nitrogens with zero attached hydrogens (tertiary/aromatic N) is 2. The van der Waals surface area contributed by atoms with Gasteiger partial charge in [0.15, 0.2) is 0 Å². The molecule has 0 radical (unpaired) electrons. The van der Waals surface area contributed by atoms with Crippen molar-refractivity contribution in [1.29, 1.82) is 0 Å². The number of rotatable bonds is 5. The molecule has 4 rings (SSSR count). The maximum Gasteiger partial charge on any atom is 0.300 e. The predicted molar refractivity (Wildman–Crippen MR) is 132 cm³/mol. The maximum atomic E-state index is 13.3. The summed E-state index contributed by atoms with van der Waals surface area (Å²) in [6.45, 7) is 7.55. The van der Waals surface area contributed by atoms with Crippen LogP contribution in [0.25, 0.3) is 5.76 Å². The average Bonchev–Trinajstić information content (AvgIpc) is 3.07. The Morgan fingerprint density at radius 3 is 2.47 bits per heavy atom. The van der Waals surface area contributed by atoms with Crippen LogP contribution in [0.2, 0.25) is 5.02 Å². The SMILES string of the molecule is Cc1cc(/C(O)=C2\C(=O)C(=O)N(c3cc(Cl)ccc3C)C2c2ccccn2)ccc1OC(C)C. The van der Waals surface area contributed by atoms with Gasteiger partial charge in [0.05, 0.1) is 17.4 Å². The summed E-state index contributed by atoms with van der Waals surface area (Å²) in [5.74, 6) is -1.12. The van der Waals surface area contributed by atoms with Gasteiger partial charge >= 0.3 is 0 Å². The second kappa shape index (κ2) is 9.31. The Morgan fingerprint density at radius 2 is 1.82 bits per heavy atom. The van der Waals surface area contributed by atoms with Crippen LogP contribution in [-0.2, 0) is 9.59 Å². The molecule has 1 aliphatic heterocycles. The lowest BCUT2D eigenvalue weighted by Crippen LogP contribution is -2.30. The van der Waals surface area contributed by atoms with E-state index in [2.05, 4.69) is 4.98 Å². The molecule has 0 saturated carbocycles. The van der Waals surface area contributed by atoms with Gasteiger partial charge in [-0.2, -0.15) is 0 Å². The minimum absolute atomic E-state index is 0.00596. The van der Waals surface area contributed by atoms with Gasteiger partial charge in [0.25, 0.3) is 11.7 Å². The summed E-state index contributed by atoms with van der Waals surface area (Å²) >= 11 is 6.22. The first kappa shape index (κ1) is 23.5. The number of hydrogen-bond acceptors (Lipinski definition) is 5. The molecule has 1 fully saturated rings. The maximum absolute atomic E-state index is 13.3. The standard InChI is InChI=1S/C27H25ClN2O4/c1-15(2)34-22-11-9-18(13-17(22)4)25(31)23-24(20-7-5-6-12-29-20)30(27(33)26(23)32)21-14-19(28)10-8-16(21)3/h5-15,24,31H,1-4H3/b25-23+. The third-order valence-corrected chi connectivity index (χ3v) is 5.89. The largest absolute Gasteiger partial charge is 0.507 e. The van der Waals surface area contributed by atoms with Crippen molar-refractivity contribution in [2.24, 2.45) is 0 Å². The van der Waals surface area contributed by atoms with Crippen molar-refractivity contribution < 1.29 is 19.4 Å². The number of aromatic nitrogens is 1. The molecule has 1 saturated heterocycles. The average molecular weight is 477 g/mol. The van der Waals surface area contributed by atoms with Gasteiger partial charge in [-0.15, -0.1) is 0 Å². The first-order valence-corrected chi connectivity index (χ1v) is 11.3. The van der Waals surface area contributed by atoms with Crippen LogP contribution in [0.4, 0.5) is 5.69 Å². The molecule has 174 valence electrons. The smallest absolute Gasteiger partial charge is 0.300 e. The number of carbonyl (C=O) groups is 2. The van der Waals surface area contributed by atoms with Crippen LogP contribution >= 0.6 is 11.6 Å². The van der Waals surface area contributed by atoms with E-state index in [0.717, 1.165) is 11.1 Å². The highest BCUT2D eigenvalue weighted by Gasteiger charge is 2.48. The zero-order valence-corrected chi connectivity index (χ0v) is 20.1. The molecule has 2 heterocycles. The van der Waals surface area contributed by atoms with Gasteiger partial charge in [0, 0.05) is 22.5 Å². The van der Waals surface area contributed by atoms with E-state index in [1.807, 2.05) is 27.7 Å². The molecular formula is C27H25ClN2O4. The molecule has 3 aromatic rings. The van der Waals surface area contributed by atoms with Crippen molar-refractivity contribution >= 4 is 34.7 Å². The van der Waals surface area contributed by atoms with Crippen LogP contribution in [-0.4, -0.2) is 27.9 Å². The fourth-order valence-corrected chi connectivity index (χ4v) is 4.25. The van der Waals surface area contributed by atoms with Gasteiger partial charge in [-0.3, -0.25) is 19.5 Å². The van der Waals surface area contributed by atoms with Gasteiger partial charge in [0.2, 0.25) is 0 Å². The first-order chi connectivity index (χ1) is 16.2. The monoisotopic (exact) mass is 476 g/mol. The number of aliphatic hydroxyl groups is 1. The summed E-state index contributed by atoms with van der Waals surface area (Å²) in [6, 6.07) is 14.6. The molecule has 0 aliphatic carbocycles. The molecule has 1 atom stereocenters. The molecule has 1 aliphatic rings. The number of pyridine rings is 1. The second-order valence-electron chi connectivity index (χ2n) is 8.50. The predicted octanol–water partition coefficient (Wildman–Crippen LogP) is 5.77. The zero-order chi connectivity index (χ0) is 24.6. The molecule has 0 bridgehead atoms. The van der Waals surface area contributed by atoms with Crippen molar-refractivity contribution in [2.45, 2.75) is 39.8 Å². The molecule has 6 nitrogen and oxygen atoms in total. The lowest BCUT2D eigenvalue weighted by atomic mass is 9.97. The molecule has 1 amide bonds. The van der Waals surface area contributed by atoms with E-state index in [1.54, 1.807) is 60.8 Å². The number of anilines is 1. The topological polar surface area (TPSA) is 79.7 Å². The number of benzene rings is 2. The molecule has 1 N–H and O–H groups in total. The van der Waals surface area contributed by atoms with Crippen molar-refractivity contribution in [2.75, 3.05) is 4.90 Å². The van der Waals surface area contributed by atoms with Crippen LogP contribution in [0.15, 0.2) is 66.4 Å². The van der Waals surface area contributed by atoms with E-state index >= 15 is 0 Å². The van der Waals surface area contributed by atoms with E-state index < -0.39 is 17.7 Å². The Morgan fingerprint density at radius 1 is 1.06 bits per heavy atom. The Hall–Kier alpha value is -3.64. The summed E-state index contributed by atoms with van der Waals surface area (Å²) in [6.07, 6.45) is 1.58. The summed E-state index contributed by atoms with van der Waals surface area (Å²) in [5.41, 5.74) is 2.89. The summed E-state index contributed by atoms with van der Waals surface area (Å²) in [5, 5.41) is 11.7. The highest BCUT2D eigenvalue weighted by Crippen LogP contribution is 2.43. The van der Waals surface area contributed by atoms with Gasteiger partial charge in [-0.25, -0.2) is 0 Å². The van der Waals surface area contributed by atoms with Crippen molar-refractivity contribution in [3.8, 4) is 5.75 Å². The molecule has 34 heavy (non-hydrogen) atoms. The van der Waals surface area contributed by atoms with E-state index in [4.69, 9.17) is 16.3 Å². The number of aryl methyl sites for hydroxylation is 2. The van der Waals surface area contributed by atoms with Crippen LogP contribution in [0, 0.1) is 13.8 Å². The Balaban J connectivity index is 1.91. The molecule has 0 spiro atoms. The summed E-state index contributed by atoms with van der Waals surface area (Å²) in [4.78, 5) is 32.3. The highest BCUT2D eigenvalue weighted by atomic mass is 35.5. The van der Waals surface area contributed by atoms with E-state index in [1.165, 1.54) is 4.90 Å². The van der Waals surface area contributed by atoms with Gasteiger partial charge in [0.1, 0.15) is 17.6 Å². The van der Waals surface area contributed by atoms with Crippen LogP contribution < -0.4 is 9.64 Å². The Labute approximate surface area is 203 Å². The van der Waals surface area contributed by atoms with Crippen LogP contribution in [0.5, 0.6) is 5.75 Å². The molecule has 7 heteroatoms. The number of aliphatic hydroxyl groups excluding tert-OH is 1. The third-order valence-electron chi connectivity index (χ3n) is 5.65. The van der Waals surface area contributed by atoms with Gasteiger partial charge < -0.3 is 9.84 Å². The number of Topliss-reactive ketones (excluding diaryl/α,β-unsaturated/α-hetero) is 1. The lowest BCUT2D eigenvalue weighted by Gasteiger charge is -2.26. The molecule has 1 unspecified atom stereocenters. The van der Waals surface area contributed by atoms with Gasteiger partial charge in [-0.1, -0.05) is 23.7 Å². The lowest BCUT2D eigenvalue weighted by molar-refractivity contribution is -0.132. The van der Waals surface area contributed by atoms with Crippen molar-refractivity contribution in [3.63, 3.8) is 0 Å². The first-order valence-electron chi connectivity index (χ1n) is 10.9. The van der Waals surface area contributed by atoms with Crippen LogP contribution in [0.3, 0.4) is 0 Å². The van der Waals surface area contributed by atoms with E-state index in [-0.39, 0.29) is 17.4 Å². The number of amides is 1. The van der Waals surface area contributed by atoms with E-state index in [9.17, 15) is 14.7 Å². The molecular weight excluding hydrogens is 452 g/mol. The van der Waals surface area contributed by atoms with Gasteiger partial charge in [-0.05, 0) is 81.3 Å². The zero-order valence-electron chi connectivity index (χ0n) is 19.4. The van der Waals surface area contributed by atoms with Crippen molar-refractivity contribution in [1.82, 2.24) is 4.98 Å². The highest BCUT2D eigenvalue weighted by molar-refractivity contribution is 6.52. The third kappa shape index (κ3) is 4.29. The summed E-state index contributed by atoms with van der Waals surface area (Å²) in [7, 11) is 0. The number of halogens is 1. The Kier molecular flexibility index (Phi) is 6.44. The second-order valence-corrected chi connectivity index (χ2v) is 8.94. The Bertz CT molecular complexity index is 1300. The molecule has 2 aromatic carbocycles. The number of hydrogen-bond donors (Lipinski definition) is 1. The number of ether oxygens (including phenoxy) is 1. The van der Waals surface area contributed by atoms with E-state index in [0.29, 0.717) is 27.7 Å². The minimum atomic E-state index is -0.912.